The van der Waals surface area contributed by atoms with Crippen LogP contribution in [0.15, 0.2) is 12.1 Å². The molecule has 0 fully saturated rings. The van der Waals surface area contributed by atoms with Crippen LogP contribution in [0.5, 0.6) is 0 Å². The summed E-state index contributed by atoms with van der Waals surface area (Å²) in [4.78, 5) is 14.6. The van der Waals surface area contributed by atoms with E-state index < -0.39 is 4.92 Å². The van der Waals surface area contributed by atoms with Gasteiger partial charge >= 0.3 is 5.69 Å². The molecule has 1 atom stereocenters. The minimum absolute atomic E-state index is 0.0328. The normalized spacial score (nSPS) is 11.9. The predicted octanol–water partition coefficient (Wildman–Crippen LogP) is 1.60. The molecule has 7 nitrogen and oxygen atoms in total. The van der Waals surface area contributed by atoms with E-state index in [9.17, 15) is 10.1 Å². The number of nitrogens with zero attached hydrogens (tertiary/aromatic N) is 2. The molecule has 0 saturated carbocycles. The number of hydrogen-bond donors (Lipinski definition) is 3. The molecule has 0 aliphatic rings. The van der Waals surface area contributed by atoms with Gasteiger partial charge in [0.1, 0.15) is 5.82 Å². The van der Waals surface area contributed by atoms with Crippen LogP contribution in [-0.2, 0) is 0 Å². The number of nitrogens with one attached hydrogen (secondary N) is 2. The number of pyridine rings is 1. The van der Waals surface area contributed by atoms with Crippen LogP contribution in [0.1, 0.15) is 19.8 Å². The van der Waals surface area contributed by atoms with Gasteiger partial charge in [-0.05, 0) is 18.9 Å². The van der Waals surface area contributed by atoms with Crippen LogP contribution in [0.4, 0.5) is 17.3 Å². The van der Waals surface area contributed by atoms with Crippen molar-refractivity contribution in [3.05, 3.63) is 22.2 Å². The molecule has 1 rings (SSSR count). The summed E-state index contributed by atoms with van der Waals surface area (Å²) < 4.78 is 0. The van der Waals surface area contributed by atoms with Crippen LogP contribution >= 0.6 is 0 Å². The predicted molar refractivity (Wildman–Crippen MR) is 69.8 cm³/mol. The SMILES string of the molecule is CCC(CCO)Nc1nc(NC)ccc1[N+](=O)[O-]. The average Bonchev–Trinajstić information content (AvgIpc) is 2.37. The van der Waals surface area contributed by atoms with E-state index in [1.165, 1.54) is 6.07 Å². The van der Waals surface area contributed by atoms with E-state index in [4.69, 9.17) is 5.11 Å². The quantitative estimate of drug-likeness (QED) is 0.505. The molecule has 1 aromatic heterocycles. The summed E-state index contributed by atoms with van der Waals surface area (Å²) in [6.45, 7) is 1.98. The third-order valence-corrected chi connectivity index (χ3v) is 2.64. The summed E-state index contributed by atoms with van der Waals surface area (Å²) in [5.74, 6) is 0.786. The maximum atomic E-state index is 10.9. The number of nitro groups is 1. The molecule has 0 aliphatic carbocycles. The molecule has 1 unspecified atom stereocenters. The van der Waals surface area contributed by atoms with Crippen LogP contribution in [0.3, 0.4) is 0 Å². The summed E-state index contributed by atoms with van der Waals surface area (Å²) >= 11 is 0. The Bertz CT molecular complexity index is 411. The Morgan fingerprint density at radius 2 is 2.28 bits per heavy atom. The largest absolute Gasteiger partial charge is 0.396 e. The molecule has 1 aromatic rings. The van der Waals surface area contributed by atoms with Gasteiger partial charge in [0.05, 0.1) is 4.92 Å². The van der Waals surface area contributed by atoms with E-state index in [1.54, 1.807) is 13.1 Å². The standard InChI is InChI=1S/C11H18N4O3/c1-3-8(6-7-16)13-11-9(15(17)18)4-5-10(12-2)14-11/h4-5,8,16H,3,6-7H2,1-2H3,(H2,12,13,14). The molecule has 0 saturated heterocycles. The smallest absolute Gasteiger partial charge is 0.311 e. The Balaban J connectivity index is 2.99. The van der Waals surface area contributed by atoms with E-state index in [2.05, 4.69) is 15.6 Å². The van der Waals surface area contributed by atoms with Gasteiger partial charge in [0, 0.05) is 25.8 Å². The summed E-state index contributed by atoms with van der Waals surface area (Å²) in [6, 6.07) is 2.93. The lowest BCUT2D eigenvalue weighted by Gasteiger charge is -2.16. The van der Waals surface area contributed by atoms with Crippen molar-refractivity contribution in [3.63, 3.8) is 0 Å². The van der Waals surface area contributed by atoms with Crippen molar-refractivity contribution in [1.29, 1.82) is 0 Å². The molecule has 0 spiro atoms. The highest BCUT2D eigenvalue weighted by Crippen LogP contribution is 2.25. The topological polar surface area (TPSA) is 100 Å². The van der Waals surface area contributed by atoms with Gasteiger partial charge in [-0.2, -0.15) is 0 Å². The minimum Gasteiger partial charge on any atom is -0.396 e. The molecule has 0 aliphatic heterocycles. The fourth-order valence-corrected chi connectivity index (χ4v) is 1.57. The number of rotatable bonds is 7. The van der Waals surface area contributed by atoms with E-state index in [-0.39, 0.29) is 24.2 Å². The van der Waals surface area contributed by atoms with E-state index in [0.29, 0.717) is 12.2 Å². The summed E-state index contributed by atoms with van der Waals surface area (Å²) in [7, 11) is 1.70. The molecule has 18 heavy (non-hydrogen) atoms. The second-order valence-electron chi connectivity index (χ2n) is 3.83. The zero-order chi connectivity index (χ0) is 13.5. The van der Waals surface area contributed by atoms with Crippen LogP contribution in [0, 0.1) is 10.1 Å². The molecular weight excluding hydrogens is 236 g/mol. The van der Waals surface area contributed by atoms with Crippen molar-refractivity contribution >= 4 is 17.3 Å². The molecule has 0 radical (unpaired) electrons. The van der Waals surface area contributed by atoms with Crippen molar-refractivity contribution in [1.82, 2.24) is 4.98 Å². The Morgan fingerprint density at radius 1 is 1.56 bits per heavy atom. The zero-order valence-corrected chi connectivity index (χ0v) is 10.5. The highest BCUT2D eigenvalue weighted by atomic mass is 16.6. The number of aromatic nitrogens is 1. The highest BCUT2D eigenvalue weighted by Gasteiger charge is 2.18. The summed E-state index contributed by atoms with van der Waals surface area (Å²) in [5.41, 5.74) is -0.0645. The van der Waals surface area contributed by atoms with Crippen molar-refractivity contribution < 1.29 is 10.0 Å². The van der Waals surface area contributed by atoms with Gasteiger partial charge in [-0.15, -0.1) is 0 Å². The number of anilines is 2. The van der Waals surface area contributed by atoms with Crippen LogP contribution in [-0.4, -0.2) is 34.7 Å². The first-order valence-electron chi connectivity index (χ1n) is 5.83. The lowest BCUT2D eigenvalue weighted by molar-refractivity contribution is -0.384. The second kappa shape index (κ2) is 6.75. The maximum absolute atomic E-state index is 10.9. The third-order valence-electron chi connectivity index (χ3n) is 2.64. The Morgan fingerprint density at radius 3 is 2.78 bits per heavy atom. The molecule has 100 valence electrons. The number of aliphatic hydroxyl groups excluding tert-OH is 1. The molecule has 1 heterocycles. The van der Waals surface area contributed by atoms with Crippen LogP contribution in [0.2, 0.25) is 0 Å². The lowest BCUT2D eigenvalue weighted by Crippen LogP contribution is -2.21. The van der Waals surface area contributed by atoms with E-state index >= 15 is 0 Å². The molecule has 3 N–H and O–H groups in total. The Labute approximate surface area is 105 Å². The van der Waals surface area contributed by atoms with Crippen LogP contribution in [0.25, 0.3) is 0 Å². The fraction of sp³-hybridized carbons (Fsp3) is 0.545. The summed E-state index contributed by atoms with van der Waals surface area (Å²) in [6.07, 6.45) is 1.28. The molecule has 0 aromatic carbocycles. The number of hydrogen-bond acceptors (Lipinski definition) is 6. The first-order valence-corrected chi connectivity index (χ1v) is 5.83. The summed E-state index contributed by atoms with van der Waals surface area (Å²) in [5, 5.41) is 25.7. The fourth-order valence-electron chi connectivity index (χ4n) is 1.57. The zero-order valence-electron chi connectivity index (χ0n) is 10.5. The van der Waals surface area contributed by atoms with Crippen molar-refractivity contribution in [2.75, 3.05) is 24.3 Å². The molecule has 7 heteroatoms. The van der Waals surface area contributed by atoms with E-state index in [1.807, 2.05) is 6.92 Å². The maximum Gasteiger partial charge on any atom is 0.311 e. The first-order chi connectivity index (χ1) is 8.62. The first kappa shape index (κ1) is 14.2. The Hall–Kier alpha value is -1.89. The minimum atomic E-state index is -0.472. The second-order valence-corrected chi connectivity index (χ2v) is 3.83. The number of aliphatic hydroxyl groups is 1. The van der Waals surface area contributed by atoms with Gasteiger partial charge in [-0.3, -0.25) is 10.1 Å². The molecule has 0 bridgehead atoms. The van der Waals surface area contributed by atoms with Crippen molar-refractivity contribution in [2.24, 2.45) is 0 Å². The van der Waals surface area contributed by atoms with Crippen molar-refractivity contribution in [2.45, 2.75) is 25.8 Å². The van der Waals surface area contributed by atoms with Crippen molar-refractivity contribution in [3.8, 4) is 0 Å². The van der Waals surface area contributed by atoms with Gasteiger partial charge in [0.2, 0.25) is 5.82 Å². The van der Waals surface area contributed by atoms with Gasteiger partial charge in [-0.1, -0.05) is 6.92 Å². The van der Waals surface area contributed by atoms with Gasteiger partial charge < -0.3 is 15.7 Å². The van der Waals surface area contributed by atoms with E-state index in [0.717, 1.165) is 6.42 Å². The van der Waals surface area contributed by atoms with Gasteiger partial charge in [0.25, 0.3) is 0 Å². The van der Waals surface area contributed by atoms with Gasteiger partial charge in [0.15, 0.2) is 0 Å². The average molecular weight is 254 g/mol. The monoisotopic (exact) mass is 254 g/mol. The third kappa shape index (κ3) is 3.56. The van der Waals surface area contributed by atoms with Crippen LogP contribution < -0.4 is 10.6 Å². The molecule has 0 amide bonds. The lowest BCUT2D eigenvalue weighted by atomic mass is 10.1. The Kier molecular flexibility index (Phi) is 5.31. The molecular formula is C11H18N4O3. The van der Waals surface area contributed by atoms with Gasteiger partial charge in [-0.25, -0.2) is 4.98 Å². The highest BCUT2D eigenvalue weighted by molar-refractivity contribution is 5.60.